The molecule has 92 valence electrons. The lowest BCUT2D eigenvalue weighted by Gasteiger charge is -2.05. The van der Waals surface area contributed by atoms with Crippen molar-refractivity contribution in [1.29, 1.82) is 0 Å². The average Bonchev–Trinajstić information content (AvgIpc) is 2.39. The zero-order valence-electron chi connectivity index (χ0n) is 9.89. The molecule has 18 heavy (non-hydrogen) atoms. The zero-order chi connectivity index (χ0) is 13.0. The first-order valence-electron chi connectivity index (χ1n) is 5.60. The molecule has 0 aliphatic carbocycles. The Morgan fingerprint density at radius 2 is 2.17 bits per heavy atom. The van der Waals surface area contributed by atoms with Crippen LogP contribution in [0.15, 0.2) is 42.6 Å². The van der Waals surface area contributed by atoms with Crippen LogP contribution in [-0.4, -0.2) is 17.4 Å². The molecule has 0 saturated carbocycles. The number of ether oxygens (including phenoxy) is 1. The number of hydrogen-bond donors (Lipinski definition) is 0. The molecule has 0 unspecified atom stereocenters. The number of ketones is 1. The van der Waals surface area contributed by atoms with Crippen LogP contribution >= 0.6 is 11.6 Å². The van der Waals surface area contributed by atoms with E-state index in [1.54, 1.807) is 30.3 Å². The number of rotatable bonds is 4. The lowest BCUT2D eigenvalue weighted by atomic mass is 10.1. The van der Waals surface area contributed by atoms with Crippen LogP contribution in [0.2, 0.25) is 5.02 Å². The van der Waals surface area contributed by atoms with E-state index in [4.69, 9.17) is 16.3 Å². The molecule has 3 nitrogen and oxygen atoms in total. The van der Waals surface area contributed by atoms with Crippen LogP contribution < -0.4 is 4.74 Å². The van der Waals surface area contributed by atoms with Crippen molar-refractivity contribution < 1.29 is 9.53 Å². The monoisotopic (exact) mass is 261 g/mol. The molecule has 2 rings (SSSR count). The van der Waals surface area contributed by atoms with E-state index < -0.39 is 0 Å². The number of pyridine rings is 1. The summed E-state index contributed by atoms with van der Waals surface area (Å²) in [4.78, 5) is 16.2. The quantitative estimate of drug-likeness (QED) is 0.792. The van der Waals surface area contributed by atoms with E-state index >= 15 is 0 Å². The van der Waals surface area contributed by atoms with Crippen molar-refractivity contribution in [2.24, 2.45) is 0 Å². The minimum atomic E-state index is -0.145. The van der Waals surface area contributed by atoms with E-state index in [2.05, 4.69) is 4.98 Å². The predicted molar refractivity (Wildman–Crippen MR) is 70.3 cm³/mol. The fourth-order valence-corrected chi connectivity index (χ4v) is 1.66. The minimum absolute atomic E-state index is 0.145. The number of nitrogens with zero attached hydrogens (tertiary/aromatic N) is 1. The molecule has 0 aliphatic rings. The summed E-state index contributed by atoms with van der Waals surface area (Å²) >= 11 is 5.74. The number of aromatic nitrogens is 1. The van der Waals surface area contributed by atoms with E-state index in [0.717, 1.165) is 0 Å². The van der Waals surface area contributed by atoms with E-state index in [-0.39, 0.29) is 5.78 Å². The number of halogens is 1. The molecule has 0 fully saturated rings. The van der Waals surface area contributed by atoms with Crippen LogP contribution in [0.5, 0.6) is 5.75 Å². The largest absolute Gasteiger partial charge is 0.494 e. The number of benzene rings is 1. The van der Waals surface area contributed by atoms with Gasteiger partial charge in [0.1, 0.15) is 11.4 Å². The summed E-state index contributed by atoms with van der Waals surface area (Å²) in [7, 11) is 0. The van der Waals surface area contributed by atoms with Crippen molar-refractivity contribution in [3.8, 4) is 5.75 Å². The molecule has 0 radical (unpaired) electrons. The first-order chi connectivity index (χ1) is 8.70. The third-order valence-electron chi connectivity index (χ3n) is 2.37. The van der Waals surface area contributed by atoms with Gasteiger partial charge in [0.25, 0.3) is 0 Å². The molecule has 4 heteroatoms. The second-order valence-corrected chi connectivity index (χ2v) is 4.09. The third kappa shape index (κ3) is 2.87. The van der Waals surface area contributed by atoms with Gasteiger partial charge >= 0.3 is 0 Å². The van der Waals surface area contributed by atoms with Gasteiger partial charge in [0.15, 0.2) is 0 Å². The summed E-state index contributed by atoms with van der Waals surface area (Å²) in [6.07, 6.45) is 1.46. The molecule has 0 N–H and O–H groups in total. The Labute approximate surface area is 110 Å². The van der Waals surface area contributed by atoms with E-state index in [1.165, 1.54) is 6.20 Å². The molecule has 0 aliphatic heterocycles. The van der Waals surface area contributed by atoms with Gasteiger partial charge in [0, 0.05) is 11.8 Å². The fraction of sp³-hybridized carbons (Fsp3) is 0.143. The number of carbonyl (C=O) groups excluding carboxylic acids is 1. The van der Waals surface area contributed by atoms with Crippen LogP contribution in [0.3, 0.4) is 0 Å². The van der Waals surface area contributed by atoms with E-state index in [1.807, 2.05) is 13.0 Å². The standard InChI is InChI=1S/C14H12ClNO2/c1-2-18-12-5-3-4-10(8-12)14(17)13-7-6-11(15)9-16-13/h3-9H,2H2,1H3. The van der Waals surface area contributed by atoms with Gasteiger partial charge in [0.2, 0.25) is 5.78 Å². The van der Waals surface area contributed by atoms with Crippen LogP contribution in [0.25, 0.3) is 0 Å². The molecule has 1 aromatic heterocycles. The molecule has 1 aromatic carbocycles. The number of hydrogen-bond acceptors (Lipinski definition) is 3. The van der Waals surface area contributed by atoms with Crippen molar-refractivity contribution in [2.75, 3.05) is 6.61 Å². The predicted octanol–water partition coefficient (Wildman–Crippen LogP) is 3.36. The zero-order valence-corrected chi connectivity index (χ0v) is 10.6. The maximum Gasteiger partial charge on any atom is 0.211 e. The van der Waals surface area contributed by atoms with Crippen LogP contribution in [0.4, 0.5) is 0 Å². The minimum Gasteiger partial charge on any atom is -0.494 e. The van der Waals surface area contributed by atoms with E-state index in [9.17, 15) is 4.79 Å². The summed E-state index contributed by atoms with van der Waals surface area (Å²) in [6, 6.07) is 10.3. The van der Waals surface area contributed by atoms with Gasteiger partial charge in [-0.05, 0) is 31.2 Å². The summed E-state index contributed by atoms with van der Waals surface area (Å²) in [5.74, 6) is 0.533. The Bertz CT molecular complexity index is 552. The Hall–Kier alpha value is -1.87. The molecular formula is C14H12ClNO2. The van der Waals surface area contributed by atoms with Gasteiger partial charge in [-0.25, -0.2) is 0 Å². The Kier molecular flexibility index (Phi) is 3.95. The number of carbonyl (C=O) groups is 1. The van der Waals surface area contributed by atoms with Crippen molar-refractivity contribution in [3.63, 3.8) is 0 Å². The van der Waals surface area contributed by atoms with Gasteiger partial charge in [-0.3, -0.25) is 9.78 Å². The van der Waals surface area contributed by atoms with Gasteiger partial charge in [-0.15, -0.1) is 0 Å². The molecule has 2 aromatic rings. The normalized spacial score (nSPS) is 10.1. The van der Waals surface area contributed by atoms with Gasteiger partial charge in [-0.1, -0.05) is 23.7 Å². The SMILES string of the molecule is CCOc1cccc(C(=O)c2ccc(Cl)cn2)c1. The summed E-state index contributed by atoms with van der Waals surface area (Å²) in [5, 5.41) is 0.509. The van der Waals surface area contributed by atoms with Crippen LogP contribution in [0.1, 0.15) is 23.0 Å². The van der Waals surface area contributed by atoms with Crippen molar-refractivity contribution in [1.82, 2.24) is 4.98 Å². The fourth-order valence-electron chi connectivity index (χ4n) is 1.55. The highest BCUT2D eigenvalue weighted by molar-refractivity contribution is 6.30. The van der Waals surface area contributed by atoms with Gasteiger partial charge < -0.3 is 4.74 Å². The van der Waals surface area contributed by atoms with Gasteiger partial charge in [-0.2, -0.15) is 0 Å². The smallest absolute Gasteiger partial charge is 0.211 e. The highest BCUT2D eigenvalue weighted by Crippen LogP contribution is 2.16. The lowest BCUT2D eigenvalue weighted by molar-refractivity contribution is 0.103. The highest BCUT2D eigenvalue weighted by Gasteiger charge is 2.11. The maximum atomic E-state index is 12.2. The lowest BCUT2D eigenvalue weighted by Crippen LogP contribution is -2.04. The van der Waals surface area contributed by atoms with Crippen LogP contribution in [-0.2, 0) is 0 Å². The molecule has 0 spiro atoms. The summed E-state index contributed by atoms with van der Waals surface area (Å²) in [5.41, 5.74) is 0.920. The average molecular weight is 262 g/mol. The Morgan fingerprint density at radius 1 is 1.33 bits per heavy atom. The van der Waals surface area contributed by atoms with Crippen molar-refractivity contribution in [3.05, 3.63) is 58.9 Å². The molecule has 0 atom stereocenters. The first kappa shape index (κ1) is 12.6. The second kappa shape index (κ2) is 5.65. The van der Waals surface area contributed by atoms with Gasteiger partial charge in [0.05, 0.1) is 11.6 Å². The molecule has 0 amide bonds. The van der Waals surface area contributed by atoms with Crippen molar-refractivity contribution in [2.45, 2.75) is 6.92 Å². The maximum absolute atomic E-state index is 12.2. The Morgan fingerprint density at radius 3 is 2.83 bits per heavy atom. The first-order valence-corrected chi connectivity index (χ1v) is 5.97. The molecule has 1 heterocycles. The van der Waals surface area contributed by atoms with Crippen molar-refractivity contribution >= 4 is 17.4 Å². The van der Waals surface area contributed by atoms with E-state index in [0.29, 0.717) is 28.6 Å². The topological polar surface area (TPSA) is 39.2 Å². The second-order valence-electron chi connectivity index (χ2n) is 3.65. The summed E-state index contributed by atoms with van der Waals surface area (Å²) in [6.45, 7) is 2.46. The van der Waals surface area contributed by atoms with Crippen LogP contribution in [0, 0.1) is 0 Å². The molecular weight excluding hydrogens is 250 g/mol. The molecule has 0 saturated heterocycles. The third-order valence-corrected chi connectivity index (χ3v) is 2.59. The highest BCUT2D eigenvalue weighted by atomic mass is 35.5. The summed E-state index contributed by atoms with van der Waals surface area (Å²) < 4.78 is 5.36. The molecule has 0 bridgehead atoms. The Balaban J connectivity index is 2.28.